The molecule has 0 aliphatic heterocycles. The van der Waals surface area contributed by atoms with Gasteiger partial charge in [-0.05, 0) is 48.4 Å². The Morgan fingerprint density at radius 1 is 1.19 bits per heavy atom. The summed E-state index contributed by atoms with van der Waals surface area (Å²) in [7, 11) is 0. The van der Waals surface area contributed by atoms with E-state index in [1.165, 1.54) is 12.8 Å². The zero-order valence-corrected chi connectivity index (χ0v) is 17.7. The predicted octanol–water partition coefficient (Wildman–Crippen LogP) is 5.27. The Balaban J connectivity index is 1.37. The maximum Gasteiger partial charge on any atom is 0.311 e. The van der Waals surface area contributed by atoms with Crippen molar-refractivity contribution >= 4 is 12.2 Å². The fourth-order valence-electron chi connectivity index (χ4n) is 3.67. The van der Waals surface area contributed by atoms with E-state index in [-0.39, 0.29) is 17.3 Å². The van der Waals surface area contributed by atoms with E-state index in [1.54, 1.807) is 30.5 Å². The number of rotatable bonds is 9. The molecule has 0 spiro atoms. The van der Waals surface area contributed by atoms with Crippen LogP contribution in [0.3, 0.4) is 0 Å². The molecule has 0 N–H and O–H groups in total. The van der Waals surface area contributed by atoms with E-state index in [2.05, 4.69) is 11.2 Å². The first-order chi connectivity index (χ1) is 15.0. The van der Waals surface area contributed by atoms with Gasteiger partial charge in [0.05, 0.1) is 5.92 Å². The van der Waals surface area contributed by atoms with Gasteiger partial charge < -0.3 is 14.3 Å². The van der Waals surface area contributed by atoms with Crippen LogP contribution in [0.2, 0.25) is 0 Å². The fraction of sp³-hybridized carbons (Fsp3) is 0.400. The number of hydrogen-bond donors (Lipinski definition) is 0. The Labute approximate surface area is 182 Å². The molecule has 0 bridgehead atoms. The van der Waals surface area contributed by atoms with Gasteiger partial charge in [0.25, 0.3) is 0 Å². The van der Waals surface area contributed by atoms with Crippen molar-refractivity contribution < 1.29 is 19.1 Å². The molecule has 3 atom stereocenters. The van der Waals surface area contributed by atoms with Gasteiger partial charge in [-0.15, -0.1) is 0 Å². The third kappa shape index (κ3) is 5.05. The lowest BCUT2D eigenvalue weighted by molar-refractivity contribution is -0.149. The summed E-state index contributed by atoms with van der Waals surface area (Å²) in [6.07, 6.45) is 3.09. The van der Waals surface area contributed by atoms with Gasteiger partial charge in [-0.3, -0.25) is 4.79 Å². The molecule has 160 valence electrons. The minimum atomic E-state index is -1.01. The lowest BCUT2D eigenvalue weighted by Gasteiger charge is -2.13. The second-order valence-electron chi connectivity index (χ2n) is 8.75. The number of ether oxygens (including phenoxy) is 2. The summed E-state index contributed by atoms with van der Waals surface area (Å²) in [5.41, 5.74) is 0.294. The lowest BCUT2D eigenvalue weighted by atomic mass is 10.1. The molecule has 0 aromatic heterocycles. The quantitative estimate of drug-likeness (QED) is 0.315. The van der Waals surface area contributed by atoms with Crippen LogP contribution in [0.15, 0.2) is 59.8 Å². The molecule has 2 aliphatic carbocycles. The summed E-state index contributed by atoms with van der Waals surface area (Å²) in [5.74, 6) is 1.08. The Bertz CT molecular complexity index is 992. The molecule has 6 heteroatoms. The Morgan fingerprint density at radius 3 is 2.65 bits per heavy atom. The number of carbonyl (C=O) groups is 1. The van der Waals surface area contributed by atoms with E-state index in [9.17, 15) is 10.1 Å². The monoisotopic (exact) mass is 418 g/mol. The van der Waals surface area contributed by atoms with Crippen molar-refractivity contribution in [2.24, 2.45) is 28.3 Å². The highest BCUT2D eigenvalue weighted by atomic mass is 16.6. The van der Waals surface area contributed by atoms with Gasteiger partial charge in [-0.2, -0.15) is 5.26 Å². The van der Waals surface area contributed by atoms with Crippen LogP contribution in [0.4, 0.5) is 0 Å². The number of para-hydroxylation sites is 1. The van der Waals surface area contributed by atoms with E-state index < -0.39 is 12.1 Å². The Kier molecular flexibility index (Phi) is 5.94. The molecule has 3 unspecified atom stereocenters. The summed E-state index contributed by atoms with van der Waals surface area (Å²) in [5, 5.41) is 13.7. The molecule has 0 saturated heterocycles. The molecule has 31 heavy (non-hydrogen) atoms. The van der Waals surface area contributed by atoms with Crippen molar-refractivity contribution in [1.29, 1.82) is 5.26 Å². The molecule has 4 rings (SSSR count). The maximum absolute atomic E-state index is 12.8. The summed E-state index contributed by atoms with van der Waals surface area (Å²) in [6, 6.07) is 18.5. The third-order valence-electron chi connectivity index (χ3n) is 5.96. The molecule has 2 fully saturated rings. The first-order valence-electron chi connectivity index (χ1n) is 10.6. The van der Waals surface area contributed by atoms with Gasteiger partial charge in [0.15, 0.2) is 0 Å². The number of nitrogens with zero attached hydrogens (tertiary/aromatic N) is 2. The van der Waals surface area contributed by atoms with Crippen molar-refractivity contribution in [1.82, 2.24) is 0 Å². The molecule has 2 aromatic rings. The highest BCUT2D eigenvalue weighted by Crippen LogP contribution is 2.58. The van der Waals surface area contributed by atoms with E-state index in [0.717, 1.165) is 0 Å². The van der Waals surface area contributed by atoms with Crippen LogP contribution in [0, 0.1) is 34.5 Å². The van der Waals surface area contributed by atoms with Gasteiger partial charge in [-0.25, -0.2) is 0 Å². The van der Waals surface area contributed by atoms with Gasteiger partial charge in [0.1, 0.15) is 24.2 Å². The van der Waals surface area contributed by atoms with Gasteiger partial charge >= 0.3 is 5.97 Å². The average molecular weight is 418 g/mol. The van der Waals surface area contributed by atoms with Crippen LogP contribution in [0.25, 0.3) is 0 Å². The van der Waals surface area contributed by atoms with Crippen LogP contribution in [-0.4, -0.2) is 18.8 Å². The summed E-state index contributed by atoms with van der Waals surface area (Å²) in [4.78, 5) is 18.1. The highest BCUT2D eigenvalue weighted by molar-refractivity contribution is 5.85. The summed E-state index contributed by atoms with van der Waals surface area (Å²) >= 11 is 0. The minimum Gasteiger partial charge on any atom is -0.457 e. The van der Waals surface area contributed by atoms with Gasteiger partial charge in [0.2, 0.25) is 6.10 Å². The normalized spacial score (nSPS) is 22.4. The molecule has 6 nitrogen and oxygen atoms in total. The molecule has 0 heterocycles. The smallest absolute Gasteiger partial charge is 0.311 e. The molecular formula is C25H26N2O4. The largest absolute Gasteiger partial charge is 0.457 e. The number of oxime groups is 1. The standard InChI is InChI=1S/C25H26N2O4/c1-25(2)21(15-27-29-16-17-11-12-17)23(25)24(28)31-22(14-26)18-7-6-10-20(13-18)30-19-8-4-3-5-9-19/h3-10,13,15,17,21-23H,11-12,16H2,1-2H3/b27-15+. The molecule has 0 amide bonds. The molecule has 2 aliphatic rings. The summed E-state index contributed by atoms with van der Waals surface area (Å²) < 4.78 is 11.4. The van der Waals surface area contributed by atoms with E-state index in [0.29, 0.717) is 29.6 Å². The van der Waals surface area contributed by atoms with Crippen molar-refractivity contribution in [3.63, 3.8) is 0 Å². The van der Waals surface area contributed by atoms with Gasteiger partial charge in [0, 0.05) is 17.7 Å². The van der Waals surface area contributed by atoms with E-state index >= 15 is 0 Å². The van der Waals surface area contributed by atoms with Crippen molar-refractivity contribution in [2.45, 2.75) is 32.8 Å². The molecule has 2 aromatic carbocycles. The van der Waals surface area contributed by atoms with Crippen molar-refractivity contribution in [2.75, 3.05) is 6.61 Å². The maximum atomic E-state index is 12.8. The SMILES string of the molecule is CC1(C)C(/C=N/OCC2CC2)C1C(=O)OC(C#N)c1cccc(Oc2ccccc2)c1. The fourth-order valence-corrected chi connectivity index (χ4v) is 3.67. The second-order valence-corrected chi connectivity index (χ2v) is 8.75. The van der Waals surface area contributed by atoms with Crippen LogP contribution in [-0.2, 0) is 14.4 Å². The van der Waals surface area contributed by atoms with E-state index in [1.807, 2.05) is 44.2 Å². The van der Waals surface area contributed by atoms with E-state index in [4.69, 9.17) is 14.3 Å². The highest BCUT2D eigenvalue weighted by Gasteiger charge is 2.62. The number of carbonyl (C=O) groups excluding carboxylic acids is 1. The number of esters is 1. The van der Waals surface area contributed by atoms with Crippen LogP contribution in [0.1, 0.15) is 38.4 Å². The van der Waals surface area contributed by atoms with Crippen LogP contribution in [0.5, 0.6) is 11.5 Å². The molecule has 0 radical (unpaired) electrons. The van der Waals surface area contributed by atoms with Crippen LogP contribution >= 0.6 is 0 Å². The molecule has 2 saturated carbocycles. The van der Waals surface area contributed by atoms with Gasteiger partial charge in [-0.1, -0.05) is 49.3 Å². The topological polar surface area (TPSA) is 80.9 Å². The zero-order valence-electron chi connectivity index (χ0n) is 17.7. The first-order valence-corrected chi connectivity index (χ1v) is 10.6. The first kappa shape index (κ1) is 20.9. The second kappa shape index (κ2) is 8.81. The number of benzene rings is 2. The third-order valence-corrected chi connectivity index (χ3v) is 5.96. The summed E-state index contributed by atoms with van der Waals surface area (Å²) in [6.45, 7) is 4.62. The number of nitriles is 1. The minimum absolute atomic E-state index is 0.0636. The van der Waals surface area contributed by atoms with Crippen molar-refractivity contribution in [3.05, 3.63) is 60.2 Å². The Morgan fingerprint density at radius 2 is 1.94 bits per heavy atom. The Hall–Kier alpha value is -3.33. The van der Waals surface area contributed by atoms with Crippen LogP contribution < -0.4 is 4.74 Å². The average Bonchev–Trinajstić information content (AvgIpc) is 3.67. The molecular weight excluding hydrogens is 392 g/mol. The predicted molar refractivity (Wildman–Crippen MR) is 115 cm³/mol. The lowest BCUT2D eigenvalue weighted by Crippen LogP contribution is -2.14. The van der Waals surface area contributed by atoms with Crippen molar-refractivity contribution in [3.8, 4) is 17.6 Å². The number of hydrogen-bond acceptors (Lipinski definition) is 6. The zero-order chi connectivity index (χ0) is 21.8.